The number of fused-ring (bicyclic) bond motifs is 2. The summed E-state index contributed by atoms with van der Waals surface area (Å²) in [5.74, 6) is 0. The van der Waals surface area contributed by atoms with Gasteiger partial charge in [-0.3, -0.25) is 9.97 Å². The van der Waals surface area contributed by atoms with Gasteiger partial charge < -0.3 is 10.7 Å². The Morgan fingerprint density at radius 2 is 1.81 bits per heavy atom. The number of hydrogen-bond acceptors (Lipinski definition) is 4. The number of H-pyrrole nitrogens is 1. The third-order valence-electron chi connectivity index (χ3n) is 6.34. The number of imidazole rings is 1. The molecule has 3 N–H and O–H groups in total. The van der Waals surface area contributed by atoms with Crippen LogP contribution in [0, 0.1) is 6.92 Å². The topological polar surface area (TPSA) is 80.5 Å². The minimum absolute atomic E-state index is 0.169. The molecule has 32 heavy (non-hydrogen) atoms. The van der Waals surface area contributed by atoms with E-state index in [-0.39, 0.29) is 6.04 Å². The van der Waals surface area contributed by atoms with Crippen molar-refractivity contribution in [3.63, 3.8) is 0 Å². The molecule has 1 unspecified atom stereocenters. The van der Waals surface area contributed by atoms with Crippen LogP contribution >= 0.6 is 0 Å². The van der Waals surface area contributed by atoms with Crippen LogP contribution in [-0.2, 0) is 6.42 Å². The quantitative estimate of drug-likeness (QED) is 0.400. The maximum atomic E-state index is 6.21. The molecule has 156 valence electrons. The molecule has 1 atom stereocenters. The van der Waals surface area contributed by atoms with E-state index in [0.717, 1.165) is 57.6 Å². The number of aromatic amines is 1. The average Bonchev–Trinajstić information content (AvgIpc) is 3.45. The minimum atomic E-state index is 0.169. The molecule has 0 amide bonds. The highest BCUT2D eigenvalue weighted by Crippen LogP contribution is 2.34. The molecular weight excluding hydrogens is 394 g/mol. The lowest BCUT2D eigenvalue weighted by Crippen LogP contribution is -2.04. The third kappa shape index (κ3) is 3.18. The molecule has 3 heterocycles. The molecule has 0 aliphatic heterocycles. The highest BCUT2D eigenvalue weighted by Gasteiger charge is 2.19. The number of nitrogens with zero attached hydrogens (tertiary/aromatic N) is 3. The van der Waals surface area contributed by atoms with Gasteiger partial charge in [0.05, 0.1) is 28.9 Å². The molecule has 0 bridgehead atoms. The Hall–Kier alpha value is -3.83. The van der Waals surface area contributed by atoms with Crippen LogP contribution in [0.4, 0.5) is 0 Å². The Bertz CT molecular complexity index is 1470. The summed E-state index contributed by atoms with van der Waals surface area (Å²) in [6.45, 7) is 2.00. The minimum Gasteiger partial charge on any atom is -0.343 e. The van der Waals surface area contributed by atoms with Crippen LogP contribution in [0.5, 0.6) is 0 Å². The number of aryl methyl sites for hydroxylation is 2. The lowest BCUT2D eigenvalue weighted by atomic mass is 9.99. The summed E-state index contributed by atoms with van der Waals surface area (Å²) in [5, 5.41) is 1.09. The first kappa shape index (κ1) is 18.9. The predicted octanol–water partition coefficient (Wildman–Crippen LogP) is 5.61. The smallest absolute Gasteiger partial charge is 0.0977 e. The average molecular weight is 418 g/mol. The first-order chi connectivity index (χ1) is 15.7. The van der Waals surface area contributed by atoms with E-state index in [4.69, 9.17) is 10.7 Å². The highest BCUT2D eigenvalue weighted by molar-refractivity contribution is 5.89. The van der Waals surface area contributed by atoms with E-state index < -0.39 is 0 Å². The summed E-state index contributed by atoms with van der Waals surface area (Å²) < 4.78 is 0. The van der Waals surface area contributed by atoms with Crippen molar-refractivity contribution in [3.8, 4) is 33.8 Å². The normalized spacial score (nSPS) is 15.2. The number of aromatic nitrogens is 4. The van der Waals surface area contributed by atoms with E-state index in [9.17, 15) is 0 Å². The summed E-state index contributed by atoms with van der Waals surface area (Å²) in [4.78, 5) is 17.2. The van der Waals surface area contributed by atoms with Crippen LogP contribution in [0.15, 0.2) is 73.2 Å². The molecule has 5 nitrogen and oxygen atoms in total. The second kappa shape index (κ2) is 7.39. The van der Waals surface area contributed by atoms with Crippen molar-refractivity contribution in [2.45, 2.75) is 25.8 Å². The Labute approximate surface area is 186 Å². The molecule has 5 heteroatoms. The van der Waals surface area contributed by atoms with Crippen molar-refractivity contribution in [1.29, 1.82) is 0 Å². The van der Waals surface area contributed by atoms with Crippen LogP contribution in [0.3, 0.4) is 0 Å². The van der Waals surface area contributed by atoms with Crippen LogP contribution in [0.1, 0.15) is 29.3 Å². The molecule has 3 aromatic heterocycles. The molecule has 5 aromatic rings. The fourth-order valence-corrected chi connectivity index (χ4v) is 4.66. The second-order valence-corrected chi connectivity index (χ2v) is 8.48. The van der Waals surface area contributed by atoms with Gasteiger partial charge in [-0.2, -0.15) is 0 Å². The van der Waals surface area contributed by atoms with Gasteiger partial charge in [0.1, 0.15) is 0 Å². The standard InChI is InChI=1S/C27H23N5/c1-16-3-2-4-25(32-16)27-26(30-15-31-27)19-7-10-24-20(12-19)13-21(14-29-24)17-5-8-22-18(11-17)6-9-23(22)28/h2-5,7-8,10-15,23H,6,9,28H2,1H3,(H,30,31). The molecule has 6 rings (SSSR count). The van der Waals surface area contributed by atoms with Crippen molar-refractivity contribution >= 4 is 10.9 Å². The highest BCUT2D eigenvalue weighted by atomic mass is 14.9. The van der Waals surface area contributed by atoms with Gasteiger partial charge in [0.15, 0.2) is 0 Å². The molecule has 2 aromatic carbocycles. The summed E-state index contributed by atoms with van der Waals surface area (Å²) >= 11 is 0. The number of nitrogens with one attached hydrogen (secondary N) is 1. The van der Waals surface area contributed by atoms with Gasteiger partial charge in [-0.05, 0) is 66.8 Å². The maximum Gasteiger partial charge on any atom is 0.0977 e. The zero-order valence-electron chi connectivity index (χ0n) is 17.8. The first-order valence-electron chi connectivity index (χ1n) is 10.9. The van der Waals surface area contributed by atoms with Crippen molar-refractivity contribution in [2.75, 3.05) is 0 Å². The van der Waals surface area contributed by atoms with Crippen LogP contribution in [0.25, 0.3) is 44.7 Å². The largest absolute Gasteiger partial charge is 0.343 e. The lowest BCUT2D eigenvalue weighted by molar-refractivity contribution is 0.713. The van der Waals surface area contributed by atoms with Crippen molar-refractivity contribution in [2.24, 2.45) is 5.73 Å². The van der Waals surface area contributed by atoms with Crippen LogP contribution in [0.2, 0.25) is 0 Å². The summed E-state index contributed by atoms with van der Waals surface area (Å²) in [6, 6.07) is 21.3. The van der Waals surface area contributed by atoms with Gasteiger partial charge in [-0.25, -0.2) is 4.98 Å². The molecule has 0 fully saturated rings. The van der Waals surface area contributed by atoms with Crippen molar-refractivity contribution in [3.05, 3.63) is 90.0 Å². The number of rotatable bonds is 3. The monoisotopic (exact) mass is 417 g/mol. The molecule has 0 saturated carbocycles. The van der Waals surface area contributed by atoms with Gasteiger partial charge >= 0.3 is 0 Å². The number of benzene rings is 2. The molecule has 1 aliphatic rings. The van der Waals surface area contributed by atoms with Crippen LogP contribution in [-0.4, -0.2) is 19.9 Å². The van der Waals surface area contributed by atoms with Crippen LogP contribution < -0.4 is 5.73 Å². The van der Waals surface area contributed by atoms with E-state index in [1.165, 1.54) is 16.7 Å². The maximum absolute atomic E-state index is 6.21. The predicted molar refractivity (Wildman–Crippen MR) is 128 cm³/mol. The third-order valence-corrected chi connectivity index (χ3v) is 6.34. The van der Waals surface area contributed by atoms with E-state index in [2.05, 4.69) is 57.4 Å². The van der Waals surface area contributed by atoms with Gasteiger partial charge in [0.25, 0.3) is 0 Å². The lowest BCUT2D eigenvalue weighted by Gasteiger charge is -2.09. The van der Waals surface area contributed by atoms with Gasteiger partial charge in [-0.15, -0.1) is 0 Å². The molecular formula is C27H23N5. The summed E-state index contributed by atoms with van der Waals surface area (Å²) in [5.41, 5.74) is 16.8. The Morgan fingerprint density at radius 1 is 0.938 bits per heavy atom. The van der Waals surface area contributed by atoms with Crippen molar-refractivity contribution < 1.29 is 0 Å². The molecule has 0 spiro atoms. The Morgan fingerprint density at radius 3 is 2.72 bits per heavy atom. The van der Waals surface area contributed by atoms with Gasteiger partial charge in [0, 0.05) is 34.4 Å². The zero-order chi connectivity index (χ0) is 21.7. The number of hydrogen-bond donors (Lipinski definition) is 2. The van der Waals surface area contributed by atoms with E-state index in [0.29, 0.717) is 0 Å². The fourth-order valence-electron chi connectivity index (χ4n) is 4.66. The Balaban J connectivity index is 1.42. The fraction of sp³-hybridized carbons (Fsp3) is 0.148. The van der Waals surface area contributed by atoms with E-state index in [1.807, 2.05) is 31.3 Å². The number of nitrogens with two attached hydrogens (primary N) is 1. The van der Waals surface area contributed by atoms with Crippen molar-refractivity contribution in [1.82, 2.24) is 19.9 Å². The molecule has 1 aliphatic carbocycles. The Kier molecular flexibility index (Phi) is 4.37. The second-order valence-electron chi connectivity index (χ2n) is 8.48. The molecule has 0 radical (unpaired) electrons. The summed E-state index contributed by atoms with van der Waals surface area (Å²) in [7, 11) is 0. The SMILES string of the molecule is Cc1cccc(-c2[nH]cnc2-c2ccc3ncc(-c4ccc5c(c4)CCC5N)cc3c2)n1. The van der Waals surface area contributed by atoms with E-state index in [1.54, 1.807) is 6.33 Å². The molecule has 0 saturated heterocycles. The van der Waals surface area contributed by atoms with Gasteiger partial charge in [0.2, 0.25) is 0 Å². The zero-order valence-corrected chi connectivity index (χ0v) is 17.8. The van der Waals surface area contributed by atoms with Gasteiger partial charge in [-0.1, -0.05) is 30.3 Å². The number of pyridine rings is 2. The first-order valence-corrected chi connectivity index (χ1v) is 10.9. The summed E-state index contributed by atoms with van der Waals surface area (Å²) in [6.07, 6.45) is 5.75. The van der Waals surface area contributed by atoms with E-state index >= 15 is 0 Å².